The first kappa shape index (κ1) is 11.0. The summed E-state index contributed by atoms with van der Waals surface area (Å²) < 4.78 is 4.91. The molecule has 2 atom stereocenters. The summed E-state index contributed by atoms with van der Waals surface area (Å²) in [7, 11) is 0. The predicted molar refractivity (Wildman–Crippen MR) is 67.2 cm³/mol. The van der Waals surface area contributed by atoms with Crippen molar-refractivity contribution in [1.82, 2.24) is 5.16 Å². The second-order valence-corrected chi connectivity index (χ2v) is 4.67. The van der Waals surface area contributed by atoms with Gasteiger partial charge in [-0.25, -0.2) is 0 Å². The monoisotopic (exact) mass is 242 g/mol. The smallest absolute Gasteiger partial charge is 0.229 e. The Labute approximate surface area is 105 Å². The van der Waals surface area contributed by atoms with E-state index in [9.17, 15) is 4.79 Å². The van der Waals surface area contributed by atoms with Crippen LogP contribution in [0.3, 0.4) is 0 Å². The normalized spacial score (nSPS) is 21.6. The number of rotatable bonds is 3. The van der Waals surface area contributed by atoms with Crippen LogP contribution in [0.25, 0.3) is 0 Å². The lowest BCUT2D eigenvalue weighted by atomic mass is 10.1. The van der Waals surface area contributed by atoms with Crippen LogP contribution in [0.2, 0.25) is 0 Å². The quantitative estimate of drug-likeness (QED) is 0.900. The highest BCUT2D eigenvalue weighted by Crippen LogP contribution is 2.47. The van der Waals surface area contributed by atoms with E-state index in [1.807, 2.05) is 18.2 Å². The van der Waals surface area contributed by atoms with E-state index in [-0.39, 0.29) is 11.8 Å². The van der Waals surface area contributed by atoms with Gasteiger partial charge in [0.15, 0.2) is 5.82 Å². The molecule has 3 rings (SSSR count). The fraction of sp³-hybridized carbons (Fsp3) is 0.286. The topological polar surface area (TPSA) is 55.1 Å². The molecule has 4 heteroatoms. The van der Waals surface area contributed by atoms with Gasteiger partial charge in [0.1, 0.15) is 5.76 Å². The van der Waals surface area contributed by atoms with E-state index in [1.165, 1.54) is 5.56 Å². The number of nitrogens with zero attached hydrogens (tertiary/aromatic N) is 1. The fourth-order valence-corrected chi connectivity index (χ4v) is 2.20. The first-order valence-electron chi connectivity index (χ1n) is 6.03. The zero-order valence-corrected chi connectivity index (χ0v) is 10.1. The summed E-state index contributed by atoms with van der Waals surface area (Å²) in [5, 5.41) is 6.54. The molecule has 1 amide bonds. The van der Waals surface area contributed by atoms with Gasteiger partial charge in [0.05, 0.1) is 0 Å². The molecular weight excluding hydrogens is 228 g/mol. The van der Waals surface area contributed by atoms with Crippen LogP contribution in [0, 0.1) is 12.8 Å². The fourth-order valence-electron chi connectivity index (χ4n) is 2.20. The first-order chi connectivity index (χ1) is 8.74. The number of carbonyl (C=O) groups excluding carboxylic acids is 1. The molecule has 1 heterocycles. The molecule has 0 spiro atoms. The van der Waals surface area contributed by atoms with E-state index >= 15 is 0 Å². The van der Waals surface area contributed by atoms with Gasteiger partial charge in [-0.15, -0.1) is 0 Å². The molecule has 1 aliphatic rings. The largest absolute Gasteiger partial charge is 0.360 e. The molecule has 92 valence electrons. The molecule has 1 saturated carbocycles. The zero-order chi connectivity index (χ0) is 12.5. The van der Waals surface area contributed by atoms with Crippen molar-refractivity contribution in [3.05, 3.63) is 47.7 Å². The lowest BCUT2D eigenvalue weighted by molar-refractivity contribution is -0.117. The van der Waals surface area contributed by atoms with Crippen molar-refractivity contribution in [3.8, 4) is 0 Å². The molecular formula is C14H14N2O2. The Morgan fingerprint density at radius 1 is 1.39 bits per heavy atom. The van der Waals surface area contributed by atoms with Crippen molar-refractivity contribution in [2.24, 2.45) is 5.92 Å². The molecule has 2 unspecified atom stereocenters. The maximum atomic E-state index is 12.0. The van der Waals surface area contributed by atoms with Crippen molar-refractivity contribution in [1.29, 1.82) is 0 Å². The summed E-state index contributed by atoms with van der Waals surface area (Å²) in [5.41, 5.74) is 1.23. The maximum absolute atomic E-state index is 12.0. The number of carbonyl (C=O) groups is 1. The maximum Gasteiger partial charge on any atom is 0.229 e. The summed E-state index contributed by atoms with van der Waals surface area (Å²) in [4.78, 5) is 12.0. The first-order valence-corrected chi connectivity index (χ1v) is 6.03. The lowest BCUT2D eigenvalue weighted by Crippen LogP contribution is -2.14. The van der Waals surface area contributed by atoms with Gasteiger partial charge in [-0.05, 0) is 24.8 Å². The van der Waals surface area contributed by atoms with Crippen LogP contribution in [-0.2, 0) is 4.79 Å². The SMILES string of the molecule is Cc1cc(NC(=O)C2CC2c2ccccc2)no1. The van der Waals surface area contributed by atoms with Crippen LogP contribution in [0.4, 0.5) is 5.82 Å². The molecule has 1 fully saturated rings. The number of hydrogen-bond acceptors (Lipinski definition) is 3. The number of aromatic nitrogens is 1. The van der Waals surface area contributed by atoms with E-state index in [0.29, 0.717) is 17.5 Å². The predicted octanol–water partition coefficient (Wildman–Crippen LogP) is 2.73. The van der Waals surface area contributed by atoms with Gasteiger partial charge in [-0.3, -0.25) is 4.79 Å². The van der Waals surface area contributed by atoms with E-state index in [4.69, 9.17) is 4.52 Å². The summed E-state index contributed by atoms with van der Waals surface area (Å²) in [6.45, 7) is 1.80. The molecule has 0 radical (unpaired) electrons. The van der Waals surface area contributed by atoms with Gasteiger partial charge in [-0.1, -0.05) is 35.5 Å². The van der Waals surface area contributed by atoms with Gasteiger partial charge >= 0.3 is 0 Å². The molecule has 1 aliphatic carbocycles. The van der Waals surface area contributed by atoms with Gasteiger partial charge < -0.3 is 9.84 Å². The van der Waals surface area contributed by atoms with Crippen molar-refractivity contribution >= 4 is 11.7 Å². The van der Waals surface area contributed by atoms with Crippen molar-refractivity contribution in [2.45, 2.75) is 19.3 Å². The van der Waals surface area contributed by atoms with Gasteiger partial charge in [0.25, 0.3) is 0 Å². The Kier molecular flexibility index (Phi) is 2.63. The number of nitrogens with one attached hydrogen (secondary N) is 1. The van der Waals surface area contributed by atoms with E-state index in [2.05, 4.69) is 22.6 Å². The average Bonchev–Trinajstić information content (AvgIpc) is 3.09. The molecule has 0 bridgehead atoms. The van der Waals surface area contributed by atoms with Gasteiger partial charge in [0, 0.05) is 12.0 Å². The van der Waals surface area contributed by atoms with E-state index in [0.717, 1.165) is 6.42 Å². The van der Waals surface area contributed by atoms with Crippen molar-refractivity contribution in [2.75, 3.05) is 5.32 Å². The van der Waals surface area contributed by atoms with Crippen LogP contribution >= 0.6 is 0 Å². The standard InChI is InChI=1S/C14H14N2O2/c1-9-7-13(16-18-9)15-14(17)12-8-11(12)10-5-3-2-4-6-10/h2-7,11-12H,8H2,1H3,(H,15,16,17). The second-order valence-electron chi connectivity index (χ2n) is 4.67. The van der Waals surface area contributed by atoms with Gasteiger partial charge in [-0.2, -0.15) is 0 Å². The minimum absolute atomic E-state index is 0.0251. The Bertz CT molecular complexity index is 562. The highest BCUT2D eigenvalue weighted by molar-refractivity contribution is 5.94. The highest BCUT2D eigenvalue weighted by atomic mass is 16.5. The van der Waals surface area contributed by atoms with Gasteiger partial charge in [0.2, 0.25) is 5.91 Å². The summed E-state index contributed by atoms with van der Waals surface area (Å²) >= 11 is 0. The van der Waals surface area contributed by atoms with Crippen LogP contribution in [-0.4, -0.2) is 11.1 Å². The van der Waals surface area contributed by atoms with Crippen LogP contribution in [0.5, 0.6) is 0 Å². The Morgan fingerprint density at radius 3 is 2.83 bits per heavy atom. The minimum Gasteiger partial charge on any atom is -0.360 e. The third-order valence-electron chi connectivity index (χ3n) is 3.23. The molecule has 2 aromatic rings. The van der Waals surface area contributed by atoms with Crippen LogP contribution < -0.4 is 5.32 Å². The zero-order valence-electron chi connectivity index (χ0n) is 10.1. The number of benzene rings is 1. The molecule has 0 aliphatic heterocycles. The van der Waals surface area contributed by atoms with Crippen LogP contribution in [0.1, 0.15) is 23.7 Å². The molecule has 0 saturated heterocycles. The van der Waals surface area contributed by atoms with Crippen molar-refractivity contribution in [3.63, 3.8) is 0 Å². The van der Waals surface area contributed by atoms with Crippen LogP contribution in [0.15, 0.2) is 40.9 Å². The molecule has 1 aromatic heterocycles. The van der Waals surface area contributed by atoms with E-state index in [1.54, 1.807) is 13.0 Å². The molecule has 4 nitrogen and oxygen atoms in total. The molecule has 1 aromatic carbocycles. The minimum atomic E-state index is 0.0251. The third kappa shape index (κ3) is 2.14. The Balaban J connectivity index is 1.63. The second kappa shape index (κ2) is 4.29. The third-order valence-corrected chi connectivity index (χ3v) is 3.23. The molecule has 1 N–H and O–H groups in total. The highest BCUT2D eigenvalue weighted by Gasteiger charge is 2.43. The summed E-state index contributed by atoms with van der Waals surface area (Å²) in [6.07, 6.45) is 0.909. The Morgan fingerprint density at radius 2 is 2.17 bits per heavy atom. The van der Waals surface area contributed by atoms with Crippen molar-refractivity contribution < 1.29 is 9.32 Å². The molecule has 18 heavy (non-hydrogen) atoms. The summed E-state index contributed by atoms with van der Waals surface area (Å²) in [5.74, 6) is 1.62. The number of hydrogen-bond donors (Lipinski definition) is 1. The number of amides is 1. The number of aryl methyl sites for hydroxylation is 1. The number of anilines is 1. The Hall–Kier alpha value is -2.10. The van der Waals surface area contributed by atoms with E-state index < -0.39 is 0 Å². The summed E-state index contributed by atoms with van der Waals surface area (Å²) in [6, 6.07) is 11.8. The average molecular weight is 242 g/mol. The lowest BCUT2D eigenvalue weighted by Gasteiger charge is -2.00.